The Kier molecular flexibility index (Phi) is 4.81. The van der Waals surface area contributed by atoms with E-state index in [0.717, 1.165) is 17.9 Å². The van der Waals surface area contributed by atoms with Gasteiger partial charge in [0, 0.05) is 34.3 Å². The molecule has 1 nitrogen and oxygen atoms in total. The van der Waals surface area contributed by atoms with Crippen molar-refractivity contribution in [3.63, 3.8) is 0 Å². The number of thioether (sulfide) groups is 1. The van der Waals surface area contributed by atoms with E-state index in [-0.39, 0.29) is 5.82 Å². The molecule has 1 aromatic heterocycles. The third-order valence-electron chi connectivity index (χ3n) is 4.51. The zero-order valence-corrected chi connectivity index (χ0v) is 15.5. The molecule has 0 aliphatic rings. The van der Waals surface area contributed by atoms with Crippen LogP contribution in [0.25, 0.3) is 10.9 Å². The van der Waals surface area contributed by atoms with Gasteiger partial charge in [-0.25, -0.2) is 4.39 Å². The van der Waals surface area contributed by atoms with E-state index in [0.29, 0.717) is 0 Å². The van der Waals surface area contributed by atoms with E-state index >= 15 is 0 Å². The average molecular weight is 361 g/mol. The second-order valence-electron chi connectivity index (χ2n) is 6.54. The topological polar surface area (TPSA) is 4.93 Å². The third-order valence-corrected chi connectivity index (χ3v) is 5.62. The van der Waals surface area contributed by atoms with Gasteiger partial charge in [0.05, 0.1) is 0 Å². The van der Waals surface area contributed by atoms with Gasteiger partial charge in [0.1, 0.15) is 5.82 Å². The molecular formula is C23H20FNS. The molecular weight excluding hydrogens is 341 g/mol. The van der Waals surface area contributed by atoms with E-state index in [1.165, 1.54) is 33.0 Å². The highest BCUT2D eigenvalue weighted by Gasteiger charge is 2.09. The van der Waals surface area contributed by atoms with Crippen LogP contribution in [-0.2, 0) is 12.3 Å². The third kappa shape index (κ3) is 3.68. The Labute approximate surface area is 157 Å². The molecule has 3 aromatic carbocycles. The van der Waals surface area contributed by atoms with E-state index in [4.69, 9.17) is 0 Å². The Morgan fingerprint density at radius 2 is 1.69 bits per heavy atom. The molecule has 0 atom stereocenters. The minimum Gasteiger partial charge on any atom is -0.342 e. The van der Waals surface area contributed by atoms with Crippen LogP contribution in [-0.4, -0.2) is 4.57 Å². The summed E-state index contributed by atoms with van der Waals surface area (Å²) in [5.74, 6) is 0.584. The van der Waals surface area contributed by atoms with Crippen LogP contribution in [0.1, 0.15) is 16.7 Å². The molecule has 0 radical (unpaired) electrons. The molecule has 1 heterocycles. The van der Waals surface area contributed by atoms with Crippen LogP contribution in [0.2, 0.25) is 0 Å². The molecule has 0 spiro atoms. The first-order valence-corrected chi connectivity index (χ1v) is 9.68. The van der Waals surface area contributed by atoms with Gasteiger partial charge in [-0.1, -0.05) is 60.2 Å². The average Bonchev–Trinajstić information content (AvgIpc) is 3.00. The number of benzene rings is 3. The standard InChI is InChI=1S/C23H20FNS/c1-17-9-11-18(12-10-17)14-25-15-23(21-7-2-3-8-22(21)25)26-16-19-5-4-6-20(24)13-19/h2-13,15H,14,16H2,1H3. The lowest BCUT2D eigenvalue weighted by atomic mass is 10.1. The monoisotopic (exact) mass is 361 g/mol. The van der Waals surface area contributed by atoms with Gasteiger partial charge >= 0.3 is 0 Å². The van der Waals surface area contributed by atoms with Crippen molar-refractivity contribution in [2.75, 3.05) is 0 Å². The van der Waals surface area contributed by atoms with E-state index in [9.17, 15) is 4.39 Å². The highest BCUT2D eigenvalue weighted by atomic mass is 32.2. The number of nitrogens with zero attached hydrogens (tertiary/aromatic N) is 1. The zero-order chi connectivity index (χ0) is 17.9. The molecule has 0 unspecified atom stereocenters. The van der Waals surface area contributed by atoms with Crippen LogP contribution in [0.15, 0.2) is 83.9 Å². The summed E-state index contributed by atoms with van der Waals surface area (Å²) >= 11 is 1.76. The minimum absolute atomic E-state index is 0.176. The first-order chi connectivity index (χ1) is 12.7. The predicted molar refractivity (Wildman–Crippen MR) is 108 cm³/mol. The summed E-state index contributed by atoms with van der Waals surface area (Å²) in [7, 11) is 0. The van der Waals surface area contributed by atoms with Crippen LogP contribution < -0.4 is 0 Å². The van der Waals surface area contributed by atoms with E-state index in [1.54, 1.807) is 23.9 Å². The number of rotatable bonds is 5. The lowest BCUT2D eigenvalue weighted by Gasteiger charge is -2.06. The van der Waals surface area contributed by atoms with Crippen LogP contribution in [0.3, 0.4) is 0 Å². The van der Waals surface area contributed by atoms with Gasteiger partial charge in [-0.05, 0) is 36.2 Å². The first-order valence-electron chi connectivity index (χ1n) is 8.70. The molecule has 26 heavy (non-hydrogen) atoms. The Morgan fingerprint density at radius 1 is 0.885 bits per heavy atom. The largest absolute Gasteiger partial charge is 0.342 e. The number of hydrogen-bond donors (Lipinski definition) is 0. The number of hydrogen-bond acceptors (Lipinski definition) is 1. The Balaban J connectivity index is 1.62. The number of para-hydroxylation sites is 1. The highest BCUT2D eigenvalue weighted by molar-refractivity contribution is 7.98. The summed E-state index contributed by atoms with van der Waals surface area (Å²) in [4.78, 5) is 1.23. The molecule has 130 valence electrons. The molecule has 0 N–H and O–H groups in total. The van der Waals surface area contributed by atoms with E-state index < -0.39 is 0 Å². The molecule has 0 saturated heterocycles. The Morgan fingerprint density at radius 3 is 2.50 bits per heavy atom. The fourth-order valence-electron chi connectivity index (χ4n) is 3.14. The number of aromatic nitrogens is 1. The van der Waals surface area contributed by atoms with Crippen molar-refractivity contribution in [2.45, 2.75) is 24.1 Å². The van der Waals surface area contributed by atoms with Crippen molar-refractivity contribution >= 4 is 22.7 Å². The van der Waals surface area contributed by atoms with Crippen LogP contribution in [0.4, 0.5) is 4.39 Å². The zero-order valence-electron chi connectivity index (χ0n) is 14.7. The number of halogens is 1. The molecule has 0 fully saturated rings. The fraction of sp³-hybridized carbons (Fsp3) is 0.130. The maximum absolute atomic E-state index is 13.4. The van der Waals surface area contributed by atoms with Crippen LogP contribution >= 0.6 is 11.8 Å². The van der Waals surface area contributed by atoms with Gasteiger partial charge in [-0.3, -0.25) is 0 Å². The summed E-state index contributed by atoms with van der Waals surface area (Å²) < 4.78 is 15.7. The summed E-state index contributed by atoms with van der Waals surface area (Å²) in [5, 5.41) is 1.25. The van der Waals surface area contributed by atoms with Crippen molar-refractivity contribution in [3.05, 3.63) is 102 Å². The van der Waals surface area contributed by atoms with Crippen molar-refractivity contribution in [2.24, 2.45) is 0 Å². The number of aryl methyl sites for hydroxylation is 1. The van der Waals surface area contributed by atoms with Gasteiger partial charge < -0.3 is 4.57 Å². The second kappa shape index (κ2) is 7.38. The van der Waals surface area contributed by atoms with Crippen LogP contribution in [0, 0.1) is 12.7 Å². The molecule has 0 aliphatic carbocycles. The van der Waals surface area contributed by atoms with Crippen molar-refractivity contribution in [1.82, 2.24) is 4.57 Å². The molecule has 0 amide bonds. The number of fused-ring (bicyclic) bond motifs is 1. The molecule has 0 aliphatic heterocycles. The van der Waals surface area contributed by atoms with Crippen molar-refractivity contribution < 1.29 is 4.39 Å². The van der Waals surface area contributed by atoms with Gasteiger partial charge in [0.2, 0.25) is 0 Å². The molecule has 0 bridgehead atoms. The SMILES string of the molecule is Cc1ccc(Cn2cc(SCc3cccc(F)c3)c3ccccc32)cc1. The van der Waals surface area contributed by atoms with Gasteiger partial charge in [-0.15, -0.1) is 11.8 Å². The van der Waals surface area contributed by atoms with Crippen LogP contribution in [0.5, 0.6) is 0 Å². The van der Waals surface area contributed by atoms with Gasteiger partial charge in [0.15, 0.2) is 0 Å². The lowest BCUT2D eigenvalue weighted by Crippen LogP contribution is -1.97. The molecule has 4 rings (SSSR count). The Bertz CT molecular complexity index is 1030. The minimum atomic E-state index is -0.176. The summed E-state index contributed by atoms with van der Waals surface area (Å²) in [6, 6.07) is 24.0. The van der Waals surface area contributed by atoms with E-state index in [1.807, 2.05) is 6.07 Å². The predicted octanol–water partition coefficient (Wildman–Crippen LogP) is 6.43. The highest BCUT2D eigenvalue weighted by Crippen LogP contribution is 2.32. The van der Waals surface area contributed by atoms with Gasteiger partial charge in [-0.2, -0.15) is 0 Å². The normalized spacial score (nSPS) is 11.2. The van der Waals surface area contributed by atoms with Crippen molar-refractivity contribution in [3.8, 4) is 0 Å². The summed E-state index contributed by atoms with van der Waals surface area (Å²) in [5.41, 5.74) is 4.80. The lowest BCUT2D eigenvalue weighted by molar-refractivity contribution is 0.626. The second-order valence-corrected chi connectivity index (χ2v) is 7.56. The molecule has 3 heteroatoms. The molecule has 4 aromatic rings. The van der Waals surface area contributed by atoms with Gasteiger partial charge in [0.25, 0.3) is 0 Å². The maximum Gasteiger partial charge on any atom is 0.123 e. The van der Waals surface area contributed by atoms with Crippen molar-refractivity contribution in [1.29, 1.82) is 0 Å². The fourth-order valence-corrected chi connectivity index (χ4v) is 4.17. The summed E-state index contributed by atoms with van der Waals surface area (Å²) in [6.07, 6.45) is 2.22. The van der Waals surface area contributed by atoms with E-state index in [2.05, 4.69) is 66.2 Å². The maximum atomic E-state index is 13.4. The smallest absolute Gasteiger partial charge is 0.123 e. The molecule has 0 saturated carbocycles. The Hall–Kier alpha value is -2.52. The summed E-state index contributed by atoms with van der Waals surface area (Å²) in [6.45, 7) is 2.96. The quantitative estimate of drug-likeness (QED) is 0.371. The first kappa shape index (κ1) is 16.9.